The zero-order valence-electron chi connectivity index (χ0n) is 12.4. The summed E-state index contributed by atoms with van der Waals surface area (Å²) in [7, 11) is 0. The Hall–Kier alpha value is -2.41. The Morgan fingerprint density at radius 1 is 1.50 bits per heavy atom. The molecule has 2 rings (SSSR count). The molecule has 118 valence electrons. The highest BCUT2D eigenvalue weighted by Crippen LogP contribution is 2.29. The van der Waals surface area contributed by atoms with E-state index in [0.717, 1.165) is 19.3 Å². The van der Waals surface area contributed by atoms with Gasteiger partial charge in [-0.05, 0) is 18.6 Å². The van der Waals surface area contributed by atoms with Crippen molar-refractivity contribution in [2.24, 2.45) is 0 Å². The fourth-order valence-electron chi connectivity index (χ4n) is 2.33. The van der Waals surface area contributed by atoms with Crippen LogP contribution in [0.1, 0.15) is 36.5 Å². The summed E-state index contributed by atoms with van der Waals surface area (Å²) in [6, 6.07) is 3.17. The van der Waals surface area contributed by atoms with Gasteiger partial charge < -0.3 is 21.3 Å². The van der Waals surface area contributed by atoms with Gasteiger partial charge in [-0.3, -0.25) is 4.98 Å². The number of rotatable bonds is 7. The van der Waals surface area contributed by atoms with Crippen molar-refractivity contribution in [2.75, 3.05) is 17.7 Å². The van der Waals surface area contributed by atoms with Crippen LogP contribution in [0.25, 0.3) is 11.0 Å². The van der Waals surface area contributed by atoms with Crippen LogP contribution in [0.15, 0.2) is 18.3 Å². The second kappa shape index (κ2) is 7.04. The number of nitrogens with zero attached hydrogens (tertiary/aromatic N) is 2. The van der Waals surface area contributed by atoms with Crippen molar-refractivity contribution < 1.29 is 15.0 Å². The number of aliphatic hydroxyl groups excluding tert-OH is 1. The highest BCUT2D eigenvalue weighted by Gasteiger charge is 2.22. The average Bonchev–Trinajstić information content (AvgIpc) is 2.50. The minimum atomic E-state index is -1.17. The number of anilines is 2. The van der Waals surface area contributed by atoms with Gasteiger partial charge in [0.25, 0.3) is 0 Å². The third-order valence-corrected chi connectivity index (χ3v) is 3.46. The van der Waals surface area contributed by atoms with E-state index in [1.165, 1.54) is 0 Å². The molecule has 0 fully saturated rings. The predicted octanol–water partition coefficient (Wildman–Crippen LogP) is 1.87. The number of aromatic carboxylic acids is 1. The maximum atomic E-state index is 11.5. The Kier molecular flexibility index (Phi) is 5.11. The molecular formula is C15H20N4O3. The number of hydrogen-bond donors (Lipinski definition) is 4. The first-order valence-corrected chi connectivity index (χ1v) is 7.23. The molecule has 0 aliphatic heterocycles. The van der Waals surface area contributed by atoms with Crippen LogP contribution in [-0.2, 0) is 0 Å². The Balaban J connectivity index is 2.53. The minimum absolute atomic E-state index is 0.0670. The molecule has 0 radical (unpaired) electrons. The normalized spacial score (nSPS) is 12.3. The molecule has 0 aromatic carbocycles. The van der Waals surface area contributed by atoms with Crippen LogP contribution in [0.2, 0.25) is 0 Å². The first-order valence-electron chi connectivity index (χ1n) is 7.23. The van der Waals surface area contributed by atoms with Crippen LogP contribution in [0.3, 0.4) is 0 Å². The van der Waals surface area contributed by atoms with Crippen molar-refractivity contribution in [1.29, 1.82) is 0 Å². The summed E-state index contributed by atoms with van der Waals surface area (Å²) >= 11 is 0. The molecule has 2 aromatic heterocycles. The van der Waals surface area contributed by atoms with Crippen molar-refractivity contribution >= 4 is 28.5 Å². The first-order chi connectivity index (χ1) is 10.6. The summed E-state index contributed by atoms with van der Waals surface area (Å²) < 4.78 is 0. The molecular weight excluding hydrogens is 284 g/mol. The van der Waals surface area contributed by atoms with Crippen LogP contribution in [0, 0.1) is 0 Å². The summed E-state index contributed by atoms with van der Waals surface area (Å²) in [4.78, 5) is 19.8. The molecule has 2 aromatic rings. The Morgan fingerprint density at radius 2 is 2.27 bits per heavy atom. The lowest BCUT2D eigenvalue weighted by molar-refractivity contribution is 0.0698. The Morgan fingerprint density at radius 3 is 2.91 bits per heavy atom. The van der Waals surface area contributed by atoms with Crippen LogP contribution in [-0.4, -0.2) is 38.8 Å². The number of carboxylic acids is 1. The molecule has 0 saturated carbocycles. The number of aliphatic hydroxyl groups is 1. The number of pyridine rings is 2. The van der Waals surface area contributed by atoms with E-state index in [4.69, 9.17) is 5.73 Å². The fourth-order valence-corrected chi connectivity index (χ4v) is 2.33. The second-order valence-corrected chi connectivity index (χ2v) is 5.09. The number of carbonyl (C=O) groups is 1. The average molecular weight is 304 g/mol. The second-order valence-electron chi connectivity index (χ2n) is 5.09. The van der Waals surface area contributed by atoms with Gasteiger partial charge in [0.2, 0.25) is 0 Å². The van der Waals surface area contributed by atoms with Crippen LogP contribution in [0.5, 0.6) is 0 Å². The van der Waals surface area contributed by atoms with Crippen molar-refractivity contribution in [1.82, 2.24) is 9.97 Å². The summed E-state index contributed by atoms with van der Waals surface area (Å²) in [6.45, 7) is 1.95. The number of fused-ring (bicyclic) bond motifs is 1. The number of hydrogen-bond acceptors (Lipinski definition) is 6. The summed E-state index contributed by atoms with van der Waals surface area (Å²) in [5, 5.41) is 22.0. The number of nitrogen functional groups attached to an aromatic ring is 1. The fraction of sp³-hybridized carbons (Fsp3) is 0.400. The van der Waals surface area contributed by atoms with Gasteiger partial charge in [-0.2, -0.15) is 0 Å². The molecule has 7 nitrogen and oxygen atoms in total. The van der Waals surface area contributed by atoms with Gasteiger partial charge in [0.1, 0.15) is 16.9 Å². The number of nitrogens with two attached hydrogens (primary N) is 1. The van der Waals surface area contributed by atoms with Crippen molar-refractivity contribution in [3.63, 3.8) is 0 Å². The smallest absolute Gasteiger partial charge is 0.341 e. The van der Waals surface area contributed by atoms with Gasteiger partial charge in [-0.1, -0.05) is 19.8 Å². The van der Waals surface area contributed by atoms with Gasteiger partial charge in [0.15, 0.2) is 0 Å². The SMILES string of the molecule is CCCC[C@H](CO)Nc1c(C(=O)O)c(N)nc2cccnc12. The van der Waals surface area contributed by atoms with E-state index in [2.05, 4.69) is 22.2 Å². The third kappa shape index (κ3) is 3.25. The zero-order chi connectivity index (χ0) is 16.1. The molecule has 0 spiro atoms. The topological polar surface area (TPSA) is 121 Å². The summed E-state index contributed by atoms with van der Waals surface area (Å²) in [5.41, 5.74) is 6.93. The highest BCUT2D eigenvalue weighted by atomic mass is 16.4. The molecule has 5 N–H and O–H groups in total. The highest BCUT2D eigenvalue weighted by molar-refractivity contribution is 6.06. The molecule has 0 amide bonds. The largest absolute Gasteiger partial charge is 0.477 e. The standard InChI is InChI=1S/C15H20N4O3/c1-2-3-5-9(8-20)18-13-11(15(21)22)14(16)19-10-6-4-7-17-12(10)13/h4,6-7,9,20H,2-3,5,8H2,1H3,(H,21,22)(H3,16,18,19)/t9-/m1/s1. The Labute approximate surface area is 128 Å². The predicted molar refractivity (Wildman–Crippen MR) is 84.9 cm³/mol. The lowest BCUT2D eigenvalue weighted by Gasteiger charge is -2.20. The molecule has 2 heterocycles. The first kappa shape index (κ1) is 16.0. The lowest BCUT2D eigenvalue weighted by Crippen LogP contribution is -2.26. The molecule has 0 bridgehead atoms. The third-order valence-electron chi connectivity index (χ3n) is 3.46. The van der Waals surface area contributed by atoms with E-state index >= 15 is 0 Å². The molecule has 7 heteroatoms. The van der Waals surface area contributed by atoms with Gasteiger partial charge in [0.05, 0.1) is 17.8 Å². The van der Waals surface area contributed by atoms with E-state index in [1.807, 2.05) is 0 Å². The van der Waals surface area contributed by atoms with Crippen LogP contribution >= 0.6 is 0 Å². The molecule has 22 heavy (non-hydrogen) atoms. The number of nitrogens with one attached hydrogen (secondary N) is 1. The van der Waals surface area contributed by atoms with E-state index in [9.17, 15) is 15.0 Å². The maximum Gasteiger partial charge on any atom is 0.341 e. The van der Waals surface area contributed by atoms with E-state index in [1.54, 1.807) is 18.3 Å². The van der Waals surface area contributed by atoms with Crippen LogP contribution < -0.4 is 11.1 Å². The number of unbranched alkanes of at least 4 members (excludes halogenated alkanes) is 1. The van der Waals surface area contributed by atoms with Gasteiger partial charge in [-0.25, -0.2) is 9.78 Å². The molecule has 0 unspecified atom stereocenters. The van der Waals surface area contributed by atoms with Crippen molar-refractivity contribution in [3.8, 4) is 0 Å². The molecule has 0 saturated heterocycles. The quantitative estimate of drug-likeness (QED) is 0.616. The van der Waals surface area contributed by atoms with Crippen molar-refractivity contribution in [2.45, 2.75) is 32.2 Å². The van der Waals surface area contributed by atoms with Crippen molar-refractivity contribution in [3.05, 3.63) is 23.9 Å². The molecule has 0 aliphatic carbocycles. The molecule has 0 aliphatic rings. The van der Waals surface area contributed by atoms with Gasteiger partial charge >= 0.3 is 5.97 Å². The van der Waals surface area contributed by atoms with E-state index in [0.29, 0.717) is 16.7 Å². The minimum Gasteiger partial charge on any atom is -0.477 e. The monoisotopic (exact) mass is 304 g/mol. The summed E-state index contributed by atoms with van der Waals surface area (Å²) in [5.74, 6) is -1.24. The maximum absolute atomic E-state index is 11.5. The number of aromatic nitrogens is 2. The van der Waals surface area contributed by atoms with Gasteiger partial charge in [0, 0.05) is 12.2 Å². The molecule has 1 atom stereocenters. The van der Waals surface area contributed by atoms with E-state index in [-0.39, 0.29) is 24.0 Å². The van der Waals surface area contributed by atoms with Crippen LogP contribution in [0.4, 0.5) is 11.5 Å². The Bertz CT molecular complexity index is 675. The lowest BCUT2D eigenvalue weighted by atomic mass is 10.1. The number of carboxylic acid groups (broad SMARTS) is 1. The summed E-state index contributed by atoms with van der Waals surface area (Å²) in [6.07, 6.45) is 4.20. The van der Waals surface area contributed by atoms with Gasteiger partial charge in [-0.15, -0.1) is 0 Å². The zero-order valence-corrected chi connectivity index (χ0v) is 12.4. The van der Waals surface area contributed by atoms with E-state index < -0.39 is 5.97 Å².